The van der Waals surface area contributed by atoms with Gasteiger partial charge in [-0.05, 0) is 76.3 Å². The SMILES string of the molecule is Cc1cc(C)c2c(c1)c1c(n2CC(C)(O)c2cccnc2)C2(CC2)CN2CCCC12. The number of hydrogen-bond donors (Lipinski definition) is 1. The van der Waals surface area contributed by atoms with Gasteiger partial charge < -0.3 is 9.67 Å². The van der Waals surface area contributed by atoms with E-state index < -0.39 is 5.60 Å². The first kappa shape index (κ1) is 18.6. The van der Waals surface area contributed by atoms with Crippen LogP contribution in [-0.4, -0.2) is 32.6 Å². The standard InChI is InChI=1S/C26H31N3O/c1-17-12-18(2)23-20(13-17)22-21-7-5-11-28(21)16-26(8-9-26)24(22)29(23)15-25(3,30)19-6-4-10-27-14-19/h4,6,10,12-14,21,30H,5,7-9,11,15-16H2,1-3H3. The number of hydrogen-bond acceptors (Lipinski definition) is 3. The van der Waals surface area contributed by atoms with Crippen LogP contribution in [0.25, 0.3) is 10.9 Å². The number of pyridine rings is 1. The summed E-state index contributed by atoms with van der Waals surface area (Å²) in [6.07, 6.45) is 8.67. The summed E-state index contributed by atoms with van der Waals surface area (Å²) in [6.45, 7) is 9.38. The van der Waals surface area contributed by atoms with Gasteiger partial charge in [0.05, 0.1) is 12.1 Å². The van der Waals surface area contributed by atoms with Crippen molar-refractivity contribution in [2.24, 2.45) is 0 Å². The maximum atomic E-state index is 11.6. The molecule has 2 fully saturated rings. The molecule has 1 aliphatic carbocycles. The summed E-state index contributed by atoms with van der Waals surface area (Å²) in [6, 6.07) is 9.15. The molecule has 30 heavy (non-hydrogen) atoms. The highest BCUT2D eigenvalue weighted by molar-refractivity contribution is 5.90. The van der Waals surface area contributed by atoms with Crippen LogP contribution >= 0.6 is 0 Å². The van der Waals surface area contributed by atoms with Crippen LogP contribution in [0.1, 0.15) is 66.6 Å². The number of rotatable bonds is 3. The number of aromatic nitrogens is 2. The fourth-order valence-electron chi connectivity index (χ4n) is 6.41. The summed E-state index contributed by atoms with van der Waals surface area (Å²) < 4.78 is 2.51. The van der Waals surface area contributed by atoms with Crippen LogP contribution in [0.5, 0.6) is 0 Å². The van der Waals surface area contributed by atoms with Gasteiger partial charge in [0.15, 0.2) is 0 Å². The molecule has 1 saturated carbocycles. The molecule has 1 N–H and O–H groups in total. The molecule has 4 heteroatoms. The van der Waals surface area contributed by atoms with Crippen LogP contribution in [0.2, 0.25) is 0 Å². The lowest BCUT2D eigenvalue weighted by molar-refractivity contribution is 0.0373. The Morgan fingerprint density at radius 3 is 2.83 bits per heavy atom. The van der Waals surface area contributed by atoms with Crippen molar-refractivity contribution in [3.05, 3.63) is 64.6 Å². The van der Waals surface area contributed by atoms with Gasteiger partial charge in [0.25, 0.3) is 0 Å². The topological polar surface area (TPSA) is 41.3 Å². The highest BCUT2D eigenvalue weighted by Crippen LogP contribution is 2.59. The first-order chi connectivity index (χ1) is 14.4. The van der Waals surface area contributed by atoms with Crippen molar-refractivity contribution in [3.8, 4) is 0 Å². The second-order valence-corrected chi connectivity index (χ2v) is 10.3. The summed E-state index contributed by atoms with van der Waals surface area (Å²) in [4.78, 5) is 7.01. The predicted molar refractivity (Wildman–Crippen MR) is 120 cm³/mol. The minimum Gasteiger partial charge on any atom is -0.384 e. The van der Waals surface area contributed by atoms with E-state index in [4.69, 9.17) is 0 Å². The number of nitrogens with zero attached hydrogens (tertiary/aromatic N) is 3. The Morgan fingerprint density at radius 2 is 2.10 bits per heavy atom. The molecule has 4 nitrogen and oxygen atoms in total. The Balaban J connectivity index is 1.62. The molecule has 2 atom stereocenters. The third kappa shape index (κ3) is 2.56. The fourth-order valence-corrected chi connectivity index (χ4v) is 6.41. The van der Waals surface area contributed by atoms with Crippen molar-refractivity contribution in [1.29, 1.82) is 0 Å². The third-order valence-corrected chi connectivity index (χ3v) is 7.84. The molecule has 1 spiro atoms. The van der Waals surface area contributed by atoms with Crippen LogP contribution in [-0.2, 0) is 17.6 Å². The molecule has 0 amide bonds. The van der Waals surface area contributed by atoms with E-state index in [1.54, 1.807) is 18.0 Å². The smallest absolute Gasteiger partial charge is 0.106 e. The minimum atomic E-state index is -0.964. The summed E-state index contributed by atoms with van der Waals surface area (Å²) >= 11 is 0. The summed E-state index contributed by atoms with van der Waals surface area (Å²) in [7, 11) is 0. The van der Waals surface area contributed by atoms with E-state index in [0.29, 0.717) is 12.6 Å². The molecule has 0 bridgehead atoms. The molecule has 0 radical (unpaired) electrons. The second-order valence-electron chi connectivity index (χ2n) is 10.3. The zero-order chi connectivity index (χ0) is 20.7. The van der Waals surface area contributed by atoms with Crippen molar-refractivity contribution < 1.29 is 5.11 Å². The lowest BCUT2D eigenvalue weighted by atomic mass is 9.86. The van der Waals surface area contributed by atoms with Gasteiger partial charge in [0, 0.05) is 47.0 Å². The van der Waals surface area contributed by atoms with E-state index in [9.17, 15) is 5.11 Å². The van der Waals surface area contributed by atoms with Crippen LogP contribution < -0.4 is 0 Å². The molecular formula is C26H31N3O. The average molecular weight is 402 g/mol. The van der Waals surface area contributed by atoms with Gasteiger partial charge >= 0.3 is 0 Å². The van der Waals surface area contributed by atoms with Gasteiger partial charge in [0.1, 0.15) is 5.60 Å². The van der Waals surface area contributed by atoms with Gasteiger partial charge in [-0.1, -0.05) is 17.7 Å². The number of aliphatic hydroxyl groups is 1. The third-order valence-electron chi connectivity index (χ3n) is 7.84. The quantitative estimate of drug-likeness (QED) is 0.689. The Kier molecular flexibility index (Phi) is 3.83. The normalized spacial score (nSPS) is 24.1. The summed E-state index contributed by atoms with van der Waals surface area (Å²) in [5.41, 5.74) is 7.27. The molecule has 1 saturated heterocycles. The Labute approximate surface area is 178 Å². The Morgan fingerprint density at radius 1 is 1.27 bits per heavy atom. The zero-order valence-corrected chi connectivity index (χ0v) is 18.3. The highest BCUT2D eigenvalue weighted by atomic mass is 16.3. The molecule has 156 valence electrons. The molecule has 2 unspecified atom stereocenters. The monoisotopic (exact) mass is 401 g/mol. The minimum absolute atomic E-state index is 0.278. The fraction of sp³-hybridized carbons (Fsp3) is 0.500. The Hall–Kier alpha value is -2.17. The maximum Gasteiger partial charge on any atom is 0.106 e. The van der Waals surface area contributed by atoms with Crippen molar-refractivity contribution in [1.82, 2.24) is 14.5 Å². The first-order valence-electron chi connectivity index (χ1n) is 11.4. The molecule has 3 aromatic rings. The van der Waals surface area contributed by atoms with E-state index in [0.717, 1.165) is 5.56 Å². The van der Waals surface area contributed by atoms with Crippen LogP contribution in [0.15, 0.2) is 36.7 Å². The Bertz CT molecular complexity index is 1140. The molecule has 2 aliphatic heterocycles. The lowest BCUT2D eigenvalue weighted by Gasteiger charge is -2.38. The molecular weight excluding hydrogens is 370 g/mol. The van der Waals surface area contributed by atoms with E-state index in [1.807, 2.05) is 19.1 Å². The average Bonchev–Trinajstić information content (AvgIpc) is 3.17. The van der Waals surface area contributed by atoms with E-state index >= 15 is 0 Å². The highest BCUT2D eigenvalue weighted by Gasteiger charge is 2.55. The molecule has 3 aliphatic rings. The van der Waals surface area contributed by atoms with Crippen molar-refractivity contribution in [2.75, 3.05) is 13.1 Å². The number of benzene rings is 1. The molecule has 2 aromatic heterocycles. The van der Waals surface area contributed by atoms with E-state index in [-0.39, 0.29) is 5.41 Å². The van der Waals surface area contributed by atoms with Crippen LogP contribution in [0.4, 0.5) is 0 Å². The van der Waals surface area contributed by atoms with E-state index in [1.165, 1.54) is 66.5 Å². The summed E-state index contributed by atoms with van der Waals surface area (Å²) in [5.74, 6) is 0. The second kappa shape index (κ2) is 6.18. The number of aryl methyl sites for hydroxylation is 2. The van der Waals surface area contributed by atoms with Gasteiger partial charge in [0.2, 0.25) is 0 Å². The largest absolute Gasteiger partial charge is 0.384 e. The number of fused-ring (bicyclic) bond motifs is 6. The van der Waals surface area contributed by atoms with Gasteiger partial charge in [-0.2, -0.15) is 0 Å². The molecule has 4 heterocycles. The molecule has 6 rings (SSSR count). The zero-order valence-electron chi connectivity index (χ0n) is 18.3. The maximum absolute atomic E-state index is 11.6. The first-order valence-corrected chi connectivity index (χ1v) is 11.4. The van der Waals surface area contributed by atoms with Crippen LogP contribution in [0.3, 0.4) is 0 Å². The van der Waals surface area contributed by atoms with Gasteiger partial charge in [-0.3, -0.25) is 9.88 Å². The van der Waals surface area contributed by atoms with E-state index in [2.05, 4.69) is 40.4 Å². The van der Waals surface area contributed by atoms with Crippen molar-refractivity contribution in [2.45, 2.75) is 70.1 Å². The van der Waals surface area contributed by atoms with Gasteiger partial charge in [-0.25, -0.2) is 0 Å². The van der Waals surface area contributed by atoms with Crippen LogP contribution in [0, 0.1) is 13.8 Å². The predicted octanol–water partition coefficient (Wildman–Crippen LogP) is 4.74. The van der Waals surface area contributed by atoms with Crippen molar-refractivity contribution in [3.63, 3.8) is 0 Å². The summed E-state index contributed by atoms with van der Waals surface area (Å²) in [5, 5.41) is 13.0. The molecule has 1 aromatic carbocycles. The van der Waals surface area contributed by atoms with Gasteiger partial charge in [-0.15, -0.1) is 0 Å². The lowest BCUT2D eigenvalue weighted by Crippen LogP contribution is -2.40. The van der Waals surface area contributed by atoms with Crippen molar-refractivity contribution >= 4 is 10.9 Å².